The SMILES string of the molecule is Cc1ccc(C(=O)NNC(=O)c2ccccc2COc2ccccc2)c(C)c1. The Kier molecular flexibility index (Phi) is 6.07. The Bertz CT molecular complexity index is 984. The summed E-state index contributed by atoms with van der Waals surface area (Å²) in [5, 5.41) is 0. The molecule has 3 aromatic rings. The first kappa shape index (κ1) is 19.2. The molecule has 3 aromatic carbocycles. The van der Waals surface area contributed by atoms with E-state index in [9.17, 15) is 9.59 Å². The summed E-state index contributed by atoms with van der Waals surface area (Å²) in [7, 11) is 0. The highest BCUT2D eigenvalue weighted by Gasteiger charge is 2.14. The van der Waals surface area contributed by atoms with Gasteiger partial charge in [0.25, 0.3) is 11.8 Å². The van der Waals surface area contributed by atoms with Gasteiger partial charge in [0.05, 0.1) is 0 Å². The smallest absolute Gasteiger partial charge is 0.270 e. The molecule has 142 valence electrons. The largest absolute Gasteiger partial charge is 0.489 e. The summed E-state index contributed by atoms with van der Waals surface area (Å²) in [4.78, 5) is 24.9. The zero-order valence-electron chi connectivity index (χ0n) is 15.9. The Hall–Kier alpha value is -3.60. The maximum Gasteiger partial charge on any atom is 0.270 e. The van der Waals surface area contributed by atoms with Crippen molar-refractivity contribution < 1.29 is 14.3 Å². The van der Waals surface area contributed by atoms with E-state index in [0.29, 0.717) is 11.1 Å². The summed E-state index contributed by atoms with van der Waals surface area (Å²) in [5.41, 5.74) is 8.58. The minimum Gasteiger partial charge on any atom is -0.489 e. The molecule has 3 rings (SSSR count). The van der Waals surface area contributed by atoms with Crippen molar-refractivity contribution in [3.8, 4) is 5.75 Å². The standard InChI is InChI=1S/C23H22N2O3/c1-16-12-13-20(17(2)14-16)22(26)24-25-23(27)21-11-7-6-8-18(21)15-28-19-9-4-3-5-10-19/h3-14H,15H2,1-2H3,(H,24,26)(H,25,27). The lowest BCUT2D eigenvalue weighted by Gasteiger charge is -2.13. The van der Waals surface area contributed by atoms with Crippen molar-refractivity contribution in [2.45, 2.75) is 20.5 Å². The van der Waals surface area contributed by atoms with Gasteiger partial charge < -0.3 is 4.74 Å². The maximum atomic E-state index is 12.6. The van der Waals surface area contributed by atoms with E-state index in [1.54, 1.807) is 18.2 Å². The second-order valence-electron chi connectivity index (χ2n) is 6.49. The first-order valence-corrected chi connectivity index (χ1v) is 8.98. The predicted octanol–water partition coefficient (Wildman–Crippen LogP) is 3.96. The van der Waals surface area contributed by atoms with Crippen molar-refractivity contribution in [1.82, 2.24) is 10.9 Å². The van der Waals surface area contributed by atoms with Crippen LogP contribution in [0.5, 0.6) is 5.75 Å². The Morgan fingerprint density at radius 3 is 2.14 bits per heavy atom. The topological polar surface area (TPSA) is 67.4 Å². The fourth-order valence-corrected chi connectivity index (χ4v) is 2.86. The average molecular weight is 374 g/mol. The molecule has 0 atom stereocenters. The highest BCUT2D eigenvalue weighted by atomic mass is 16.5. The number of ether oxygens (including phenoxy) is 1. The quantitative estimate of drug-likeness (QED) is 0.665. The van der Waals surface area contributed by atoms with Gasteiger partial charge in [0.2, 0.25) is 0 Å². The third-order valence-corrected chi connectivity index (χ3v) is 4.32. The minimum absolute atomic E-state index is 0.249. The molecule has 0 fully saturated rings. The number of para-hydroxylation sites is 1. The number of carbonyl (C=O) groups is 2. The lowest BCUT2D eigenvalue weighted by molar-refractivity contribution is 0.0845. The van der Waals surface area contributed by atoms with E-state index in [2.05, 4.69) is 10.9 Å². The molecule has 0 saturated heterocycles. The van der Waals surface area contributed by atoms with Crippen LogP contribution in [0, 0.1) is 13.8 Å². The molecule has 0 aliphatic heterocycles. The van der Waals surface area contributed by atoms with Crippen LogP contribution in [0.25, 0.3) is 0 Å². The van der Waals surface area contributed by atoms with E-state index in [0.717, 1.165) is 22.4 Å². The van der Waals surface area contributed by atoms with Crippen LogP contribution in [0.4, 0.5) is 0 Å². The highest BCUT2D eigenvalue weighted by molar-refractivity contribution is 6.00. The van der Waals surface area contributed by atoms with Crippen molar-refractivity contribution in [3.05, 3.63) is 101 Å². The second kappa shape index (κ2) is 8.86. The zero-order valence-corrected chi connectivity index (χ0v) is 15.9. The number of aryl methyl sites for hydroxylation is 2. The van der Waals surface area contributed by atoms with Crippen LogP contribution in [-0.2, 0) is 6.61 Å². The number of rotatable bonds is 5. The van der Waals surface area contributed by atoms with Crippen LogP contribution in [-0.4, -0.2) is 11.8 Å². The van der Waals surface area contributed by atoms with E-state index in [-0.39, 0.29) is 12.5 Å². The summed E-state index contributed by atoms with van der Waals surface area (Å²) >= 11 is 0. The molecule has 0 radical (unpaired) electrons. The van der Waals surface area contributed by atoms with Crippen LogP contribution >= 0.6 is 0 Å². The monoisotopic (exact) mass is 374 g/mol. The number of nitrogens with one attached hydrogen (secondary N) is 2. The molecule has 2 N–H and O–H groups in total. The van der Waals surface area contributed by atoms with Crippen LogP contribution < -0.4 is 15.6 Å². The van der Waals surface area contributed by atoms with Gasteiger partial charge in [0, 0.05) is 16.7 Å². The molecule has 5 heteroatoms. The Balaban J connectivity index is 1.65. The van der Waals surface area contributed by atoms with Gasteiger partial charge in [-0.1, -0.05) is 54.1 Å². The Labute approximate surface area is 164 Å². The molecule has 0 heterocycles. The molecule has 0 aliphatic carbocycles. The predicted molar refractivity (Wildman–Crippen MR) is 108 cm³/mol. The zero-order chi connectivity index (χ0) is 19.9. The fourth-order valence-electron chi connectivity index (χ4n) is 2.86. The minimum atomic E-state index is -0.398. The Morgan fingerprint density at radius 2 is 1.43 bits per heavy atom. The average Bonchev–Trinajstić information content (AvgIpc) is 2.71. The summed E-state index contributed by atoms with van der Waals surface area (Å²) in [5.74, 6) is -0.0323. The number of carbonyl (C=O) groups excluding carboxylic acids is 2. The molecule has 28 heavy (non-hydrogen) atoms. The van der Waals surface area contributed by atoms with Gasteiger partial charge in [-0.05, 0) is 43.7 Å². The molecule has 0 saturated carbocycles. The van der Waals surface area contributed by atoms with Gasteiger partial charge in [0.15, 0.2) is 0 Å². The number of amides is 2. The third-order valence-electron chi connectivity index (χ3n) is 4.32. The summed E-state index contributed by atoms with van der Waals surface area (Å²) < 4.78 is 5.74. The van der Waals surface area contributed by atoms with Gasteiger partial charge in [-0.2, -0.15) is 0 Å². The lowest BCUT2D eigenvalue weighted by Crippen LogP contribution is -2.42. The van der Waals surface area contributed by atoms with Crippen LogP contribution in [0.15, 0.2) is 72.8 Å². The van der Waals surface area contributed by atoms with E-state index in [4.69, 9.17) is 4.74 Å². The van der Waals surface area contributed by atoms with E-state index in [1.165, 1.54) is 0 Å². The lowest BCUT2D eigenvalue weighted by atomic mass is 10.1. The molecule has 5 nitrogen and oxygen atoms in total. The summed E-state index contributed by atoms with van der Waals surface area (Å²) in [6.07, 6.45) is 0. The molecule has 2 amide bonds. The molecular formula is C23H22N2O3. The van der Waals surface area contributed by atoms with Crippen LogP contribution in [0.2, 0.25) is 0 Å². The fraction of sp³-hybridized carbons (Fsp3) is 0.130. The molecule has 0 unspecified atom stereocenters. The van der Waals surface area contributed by atoms with Crippen molar-refractivity contribution in [1.29, 1.82) is 0 Å². The van der Waals surface area contributed by atoms with Crippen molar-refractivity contribution >= 4 is 11.8 Å². The number of hydrogen-bond acceptors (Lipinski definition) is 3. The Morgan fingerprint density at radius 1 is 0.786 bits per heavy atom. The number of hydrogen-bond donors (Lipinski definition) is 2. The molecule has 0 bridgehead atoms. The first-order chi connectivity index (χ1) is 13.5. The maximum absolute atomic E-state index is 12.6. The molecule has 0 aliphatic rings. The van der Waals surface area contributed by atoms with Crippen LogP contribution in [0.1, 0.15) is 37.4 Å². The van der Waals surface area contributed by atoms with Crippen LogP contribution in [0.3, 0.4) is 0 Å². The van der Waals surface area contributed by atoms with Gasteiger partial charge in [-0.3, -0.25) is 20.4 Å². The highest BCUT2D eigenvalue weighted by Crippen LogP contribution is 2.15. The summed E-state index contributed by atoms with van der Waals surface area (Å²) in [6, 6.07) is 22.0. The normalized spacial score (nSPS) is 10.2. The molecule has 0 spiro atoms. The summed E-state index contributed by atoms with van der Waals surface area (Å²) in [6.45, 7) is 4.07. The van der Waals surface area contributed by atoms with Crippen molar-refractivity contribution in [3.63, 3.8) is 0 Å². The van der Waals surface area contributed by atoms with Crippen molar-refractivity contribution in [2.75, 3.05) is 0 Å². The van der Waals surface area contributed by atoms with E-state index < -0.39 is 5.91 Å². The third kappa shape index (κ3) is 4.76. The second-order valence-corrected chi connectivity index (χ2v) is 6.49. The van der Waals surface area contributed by atoms with Gasteiger partial charge >= 0.3 is 0 Å². The van der Waals surface area contributed by atoms with Gasteiger partial charge in [-0.15, -0.1) is 0 Å². The van der Waals surface area contributed by atoms with E-state index in [1.807, 2.05) is 68.4 Å². The van der Waals surface area contributed by atoms with Gasteiger partial charge in [-0.25, -0.2) is 0 Å². The van der Waals surface area contributed by atoms with E-state index >= 15 is 0 Å². The molecule has 0 aromatic heterocycles. The van der Waals surface area contributed by atoms with Gasteiger partial charge in [0.1, 0.15) is 12.4 Å². The van der Waals surface area contributed by atoms with Crippen molar-refractivity contribution in [2.24, 2.45) is 0 Å². The first-order valence-electron chi connectivity index (χ1n) is 8.98. The molecular weight excluding hydrogens is 352 g/mol. The number of benzene rings is 3. The number of hydrazine groups is 1.